The molecule has 0 spiro atoms. The van der Waals surface area contributed by atoms with Crippen LogP contribution in [0.15, 0.2) is 4.52 Å². The van der Waals surface area contributed by atoms with Gasteiger partial charge in [-0.05, 0) is 70.1 Å². The van der Waals surface area contributed by atoms with Crippen molar-refractivity contribution in [2.45, 2.75) is 57.9 Å². The Kier molecular flexibility index (Phi) is 3.53. The largest absolute Gasteiger partial charge is 0.361 e. The topological polar surface area (TPSA) is 49.6 Å². The van der Waals surface area contributed by atoms with Gasteiger partial charge in [-0.3, -0.25) is 9.69 Å². The number of carbonyl (C=O) groups is 1. The Morgan fingerprint density at radius 1 is 1.00 bits per heavy atom. The number of amides is 1. The summed E-state index contributed by atoms with van der Waals surface area (Å²) < 4.78 is 5.19. The summed E-state index contributed by atoms with van der Waals surface area (Å²) in [4.78, 5) is 17.6. The highest BCUT2D eigenvalue weighted by Gasteiger charge is 2.53. The third-order valence-electron chi connectivity index (χ3n) is 7.49. The molecule has 4 bridgehead atoms. The van der Waals surface area contributed by atoms with Crippen molar-refractivity contribution >= 4 is 5.91 Å². The number of piperazine rings is 1. The molecule has 1 aromatic heterocycles. The van der Waals surface area contributed by atoms with Crippen molar-refractivity contribution in [1.82, 2.24) is 15.0 Å². The molecule has 1 aromatic rings. The van der Waals surface area contributed by atoms with Crippen LogP contribution in [0.25, 0.3) is 0 Å². The summed E-state index contributed by atoms with van der Waals surface area (Å²) in [7, 11) is 0. The van der Waals surface area contributed by atoms with Gasteiger partial charge in [0.2, 0.25) is 0 Å². The fraction of sp³-hybridized carbons (Fsp3) is 0.800. The van der Waals surface area contributed by atoms with Crippen molar-refractivity contribution in [2.75, 3.05) is 26.2 Å². The molecule has 136 valence electrons. The lowest BCUT2D eigenvalue weighted by molar-refractivity contribution is -0.0987. The van der Waals surface area contributed by atoms with Gasteiger partial charge in [-0.1, -0.05) is 5.16 Å². The predicted molar refractivity (Wildman–Crippen MR) is 94.4 cm³/mol. The molecule has 2 heterocycles. The van der Waals surface area contributed by atoms with Gasteiger partial charge in [-0.15, -0.1) is 0 Å². The minimum atomic E-state index is 0.0985. The molecule has 5 aliphatic rings. The molecule has 5 fully saturated rings. The second-order valence-electron chi connectivity index (χ2n) is 9.12. The van der Waals surface area contributed by atoms with Gasteiger partial charge < -0.3 is 9.42 Å². The summed E-state index contributed by atoms with van der Waals surface area (Å²) in [6.07, 6.45) is 8.71. The highest BCUT2D eigenvalue weighted by molar-refractivity contribution is 5.96. The zero-order chi connectivity index (χ0) is 17.2. The van der Waals surface area contributed by atoms with E-state index in [0.29, 0.717) is 22.6 Å². The monoisotopic (exact) mass is 343 g/mol. The highest BCUT2D eigenvalue weighted by atomic mass is 16.5. The molecular weight excluding hydrogens is 314 g/mol. The van der Waals surface area contributed by atoms with E-state index in [1.807, 2.05) is 18.7 Å². The maximum Gasteiger partial charge on any atom is 0.259 e. The number of aryl methyl sites for hydroxylation is 2. The van der Waals surface area contributed by atoms with Gasteiger partial charge in [0.1, 0.15) is 11.3 Å². The number of hydrogen-bond acceptors (Lipinski definition) is 4. The third-order valence-corrected chi connectivity index (χ3v) is 7.49. The first kappa shape index (κ1) is 15.9. The van der Waals surface area contributed by atoms with Gasteiger partial charge in [0.15, 0.2) is 0 Å². The van der Waals surface area contributed by atoms with Crippen LogP contribution in [0.2, 0.25) is 0 Å². The van der Waals surface area contributed by atoms with E-state index in [-0.39, 0.29) is 5.91 Å². The fourth-order valence-corrected chi connectivity index (χ4v) is 6.78. The van der Waals surface area contributed by atoms with Crippen LogP contribution < -0.4 is 0 Å². The van der Waals surface area contributed by atoms with E-state index in [4.69, 9.17) is 4.52 Å². The predicted octanol–water partition coefficient (Wildman–Crippen LogP) is 3.02. The molecule has 5 heteroatoms. The molecule has 0 radical (unpaired) electrons. The van der Waals surface area contributed by atoms with E-state index >= 15 is 0 Å². The number of nitrogens with zero attached hydrogens (tertiary/aromatic N) is 3. The molecule has 0 atom stereocenters. The summed E-state index contributed by atoms with van der Waals surface area (Å²) >= 11 is 0. The van der Waals surface area contributed by atoms with Crippen LogP contribution in [0.1, 0.15) is 60.3 Å². The van der Waals surface area contributed by atoms with Gasteiger partial charge in [-0.2, -0.15) is 0 Å². The van der Waals surface area contributed by atoms with Gasteiger partial charge >= 0.3 is 0 Å². The van der Waals surface area contributed by atoms with E-state index in [1.165, 1.54) is 38.5 Å². The smallest absolute Gasteiger partial charge is 0.259 e. The number of aromatic nitrogens is 1. The van der Waals surface area contributed by atoms with Crippen LogP contribution >= 0.6 is 0 Å². The van der Waals surface area contributed by atoms with Gasteiger partial charge in [-0.25, -0.2) is 0 Å². The molecule has 5 nitrogen and oxygen atoms in total. The van der Waals surface area contributed by atoms with E-state index in [9.17, 15) is 4.79 Å². The second-order valence-corrected chi connectivity index (χ2v) is 9.12. The highest BCUT2D eigenvalue weighted by Crippen LogP contribution is 2.57. The van der Waals surface area contributed by atoms with E-state index in [1.54, 1.807) is 0 Å². The Hall–Kier alpha value is -1.36. The summed E-state index contributed by atoms with van der Waals surface area (Å²) in [6.45, 7) is 7.42. The molecule has 1 aliphatic heterocycles. The molecule has 0 N–H and O–H groups in total. The van der Waals surface area contributed by atoms with Gasteiger partial charge in [0, 0.05) is 31.7 Å². The number of hydrogen-bond donors (Lipinski definition) is 0. The quantitative estimate of drug-likeness (QED) is 0.828. The lowest BCUT2D eigenvalue weighted by Crippen LogP contribution is -2.64. The first-order valence-corrected chi connectivity index (χ1v) is 10.0. The third kappa shape index (κ3) is 2.46. The summed E-state index contributed by atoms with van der Waals surface area (Å²) in [6, 6.07) is 0. The van der Waals surface area contributed by atoms with Crippen LogP contribution in [0.3, 0.4) is 0 Å². The molecule has 6 rings (SSSR count). The summed E-state index contributed by atoms with van der Waals surface area (Å²) in [5.41, 5.74) is 1.85. The van der Waals surface area contributed by atoms with Crippen molar-refractivity contribution in [1.29, 1.82) is 0 Å². The van der Waals surface area contributed by atoms with Crippen LogP contribution in [0.5, 0.6) is 0 Å². The molecule has 4 aliphatic carbocycles. The van der Waals surface area contributed by atoms with E-state index < -0.39 is 0 Å². The first-order valence-electron chi connectivity index (χ1n) is 10.0. The zero-order valence-corrected chi connectivity index (χ0v) is 15.5. The zero-order valence-electron chi connectivity index (χ0n) is 15.5. The van der Waals surface area contributed by atoms with Crippen LogP contribution in [0.4, 0.5) is 0 Å². The van der Waals surface area contributed by atoms with Crippen molar-refractivity contribution in [2.24, 2.45) is 17.8 Å². The molecule has 1 saturated heterocycles. The van der Waals surface area contributed by atoms with Crippen molar-refractivity contribution in [3.8, 4) is 0 Å². The minimum Gasteiger partial charge on any atom is -0.361 e. The molecule has 1 amide bonds. The summed E-state index contributed by atoms with van der Waals surface area (Å²) in [5.74, 6) is 3.68. The first-order chi connectivity index (χ1) is 12.0. The lowest BCUT2D eigenvalue weighted by Gasteiger charge is -2.61. The fourth-order valence-electron chi connectivity index (χ4n) is 6.78. The molecular formula is C20H29N3O2. The minimum absolute atomic E-state index is 0.0985. The Morgan fingerprint density at radius 2 is 1.56 bits per heavy atom. The van der Waals surface area contributed by atoms with E-state index in [0.717, 1.165) is 43.9 Å². The number of rotatable bonds is 2. The average molecular weight is 343 g/mol. The Bertz CT molecular complexity index is 632. The molecule has 25 heavy (non-hydrogen) atoms. The van der Waals surface area contributed by atoms with Crippen LogP contribution in [0, 0.1) is 31.6 Å². The Balaban J connectivity index is 1.28. The SMILES string of the molecule is Cc1noc(C)c1C(=O)N1CCN(C23CC4CC(CC(C4)C2)C3)CC1. The average Bonchev–Trinajstić information content (AvgIpc) is 2.92. The Labute approximate surface area is 149 Å². The van der Waals surface area contributed by atoms with Crippen LogP contribution in [-0.4, -0.2) is 52.6 Å². The summed E-state index contributed by atoms with van der Waals surface area (Å²) in [5, 5.41) is 3.94. The number of carbonyl (C=O) groups excluding carboxylic acids is 1. The van der Waals surface area contributed by atoms with Gasteiger partial charge in [0.25, 0.3) is 5.91 Å². The molecule has 4 saturated carbocycles. The Morgan fingerprint density at radius 3 is 2.04 bits per heavy atom. The standard InChI is InChI=1S/C20H29N3O2/c1-13-18(14(2)25-21-13)19(24)22-3-5-23(6-4-22)20-10-15-7-16(11-20)9-17(8-15)12-20/h15-17H,3-12H2,1-2H3. The van der Waals surface area contributed by atoms with E-state index in [2.05, 4.69) is 10.1 Å². The second kappa shape index (κ2) is 5.57. The normalized spacial score (nSPS) is 37.7. The molecule has 0 aromatic carbocycles. The molecule has 0 unspecified atom stereocenters. The van der Waals surface area contributed by atoms with Crippen molar-refractivity contribution in [3.63, 3.8) is 0 Å². The van der Waals surface area contributed by atoms with Crippen molar-refractivity contribution < 1.29 is 9.32 Å². The van der Waals surface area contributed by atoms with Gasteiger partial charge in [0.05, 0.1) is 5.69 Å². The maximum atomic E-state index is 12.9. The van der Waals surface area contributed by atoms with Crippen LogP contribution in [-0.2, 0) is 0 Å². The maximum absolute atomic E-state index is 12.9. The lowest BCUT2D eigenvalue weighted by atomic mass is 9.52. The van der Waals surface area contributed by atoms with Crippen molar-refractivity contribution in [3.05, 3.63) is 17.0 Å².